The molecular weight excluding hydrogens is 520 g/mol. The fraction of sp³-hybridized carbons (Fsp3) is 0.879. The molecule has 0 aliphatic carbocycles. The lowest BCUT2D eigenvalue weighted by Crippen LogP contribution is -2.47. The Labute approximate surface area is 250 Å². The zero-order valence-electron chi connectivity index (χ0n) is 26.8. The first-order valence-corrected chi connectivity index (χ1v) is 16.7. The molecule has 41 heavy (non-hydrogen) atoms. The summed E-state index contributed by atoms with van der Waals surface area (Å²) in [5.41, 5.74) is 0. The van der Waals surface area contributed by atoms with Gasteiger partial charge in [-0.15, -0.1) is 0 Å². The summed E-state index contributed by atoms with van der Waals surface area (Å²) in [5, 5.41) is 19.1. The number of unbranched alkanes of at least 4 members (excludes halogenated alkanes) is 16. The van der Waals surface area contributed by atoms with E-state index in [0.29, 0.717) is 19.3 Å². The zero-order valence-corrected chi connectivity index (χ0v) is 26.8. The van der Waals surface area contributed by atoms with E-state index in [2.05, 4.69) is 13.8 Å². The Bertz CT molecular complexity index is 656. The Kier molecular flexibility index (Phi) is 24.3. The summed E-state index contributed by atoms with van der Waals surface area (Å²) in [7, 11) is 0. The third-order valence-corrected chi connectivity index (χ3v) is 8.08. The second-order valence-corrected chi connectivity index (χ2v) is 11.7. The van der Waals surface area contributed by atoms with E-state index in [4.69, 9.17) is 0 Å². The highest BCUT2D eigenvalue weighted by Crippen LogP contribution is 2.15. The summed E-state index contributed by atoms with van der Waals surface area (Å²) in [5.74, 6) is -2.52. The van der Waals surface area contributed by atoms with Gasteiger partial charge in [-0.05, 0) is 33.1 Å². The van der Waals surface area contributed by atoms with Crippen molar-refractivity contribution in [3.63, 3.8) is 0 Å². The van der Waals surface area contributed by atoms with Crippen LogP contribution in [0.25, 0.3) is 0 Å². The number of carbonyl (C=O) groups is 4. The van der Waals surface area contributed by atoms with Gasteiger partial charge < -0.3 is 20.0 Å². The van der Waals surface area contributed by atoms with Crippen LogP contribution in [-0.2, 0) is 19.2 Å². The summed E-state index contributed by atoms with van der Waals surface area (Å²) in [6.07, 6.45) is 21.4. The van der Waals surface area contributed by atoms with Crippen molar-refractivity contribution in [1.82, 2.24) is 9.80 Å². The van der Waals surface area contributed by atoms with E-state index in [9.17, 15) is 29.4 Å². The first kappa shape index (κ1) is 38.9. The molecule has 2 amide bonds. The van der Waals surface area contributed by atoms with E-state index < -0.39 is 24.0 Å². The average Bonchev–Trinajstić information content (AvgIpc) is 2.94. The maximum Gasteiger partial charge on any atom is 0.326 e. The molecule has 0 saturated heterocycles. The topological polar surface area (TPSA) is 115 Å². The molecule has 2 N–H and O–H groups in total. The summed E-state index contributed by atoms with van der Waals surface area (Å²) in [4.78, 5) is 52.0. The van der Waals surface area contributed by atoms with Gasteiger partial charge in [0.15, 0.2) is 0 Å². The van der Waals surface area contributed by atoms with Crippen LogP contribution in [0.2, 0.25) is 0 Å². The van der Waals surface area contributed by atoms with Crippen LogP contribution in [0.4, 0.5) is 0 Å². The predicted molar refractivity (Wildman–Crippen MR) is 166 cm³/mol. The van der Waals surface area contributed by atoms with Crippen molar-refractivity contribution in [1.29, 1.82) is 0 Å². The average molecular weight is 583 g/mol. The van der Waals surface area contributed by atoms with E-state index in [-0.39, 0.29) is 24.9 Å². The number of nitrogens with zero attached hydrogens (tertiary/aromatic N) is 2. The number of carboxylic acids is 2. The van der Waals surface area contributed by atoms with Crippen molar-refractivity contribution in [2.45, 2.75) is 175 Å². The Hall–Kier alpha value is -2.12. The molecule has 2 atom stereocenters. The molecule has 0 spiro atoms. The van der Waals surface area contributed by atoms with E-state index in [1.807, 2.05) is 0 Å². The number of carboxylic acid groups (broad SMARTS) is 2. The van der Waals surface area contributed by atoms with Crippen LogP contribution in [-0.4, -0.2) is 68.9 Å². The second-order valence-electron chi connectivity index (χ2n) is 11.7. The van der Waals surface area contributed by atoms with E-state index in [1.165, 1.54) is 87.9 Å². The summed E-state index contributed by atoms with van der Waals surface area (Å²) in [6, 6.07) is -1.94. The molecule has 2 unspecified atom stereocenters. The van der Waals surface area contributed by atoms with Gasteiger partial charge in [-0.3, -0.25) is 9.59 Å². The molecule has 0 aromatic heterocycles. The van der Waals surface area contributed by atoms with Crippen LogP contribution in [0.5, 0.6) is 0 Å². The van der Waals surface area contributed by atoms with Gasteiger partial charge in [0, 0.05) is 25.9 Å². The normalized spacial score (nSPS) is 12.6. The molecular formula is C33H62N2O6. The highest BCUT2D eigenvalue weighted by atomic mass is 16.4. The maximum absolute atomic E-state index is 12.9. The van der Waals surface area contributed by atoms with Crippen molar-refractivity contribution < 1.29 is 29.4 Å². The zero-order chi connectivity index (χ0) is 30.9. The molecule has 0 rings (SSSR count). The van der Waals surface area contributed by atoms with E-state index in [0.717, 1.165) is 51.4 Å². The van der Waals surface area contributed by atoms with Crippen molar-refractivity contribution >= 4 is 23.8 Å². The van der Waals surface area contributed by atoms with Crippen molar-refractivity contribution in [2.75, 3.05) is 13.1 Å². The lowest BCUT2D eigenvalue weighted by atomic mass is 10.1. The Balaban J connectivity index is 4.68. The first-order chi connectivity index (χ1) is 19.7. The minimum Gasteiger partial charge on any atom is -0.480 e. The molecule has 0 fully saturated rings. The first-order valence-electron chi connectivity index (χ1n) is 16.7. The SMILES string of the molecule is CCCCCCCCCCCC(=O)N(CCCN(C(=O)CCCCCCCCCCC)C(C)C(=O)O)C(C)C(=O)O. The number of carbonyl (C=O) groups excluding carboxylic acids is 2. The van der Waals surface area contributed by atoms with Crippen LogP contribution in [0.1, 0.15) is 163 Å². The Morgan fingerprint density at radius 3 is 1.00 bits per heavy atom. The smallest absolute Gasteiger partial charge is 0.326 e. The third-order valence-electron chi connectivity index (χ3n) is 8.08. The standard InChI is InChI=1S/C33H62N2O6/c1-5-7-9-11-13-15-17-19-21-24-30(36)34(28(3)32(38)39)26-23-27-35(29(4)33(40)41)31(37)25-22-20-18-16-14-12-10-8-6-2/h28-29H,5-27H2,1-4H3,(H,38,39)(H,40,41). The Morgan fingerprint density at radius 2 is 0.732 bits per heavy atom. The van der Waals surface area contributed by atoms with Crippen LogP contribution < -0.4 is 0 Å². The quantitative estimate of drug-likeness (QED) is 0.0909. The van der Waals surface area contributed by atoms with Gasteiger partial charge in [-0.2, -0.15) is 0 Å². The molecule has 8 heteroatoms. The van der Waals surface area contributed by atoms with Crippen molar-refractivity contribution in [3.05, 3.63) is 0 Å². The highest BCUT2D eigenvalue weighted by molar-refractivity contribution is 5.84. The van der Waals surface area contributed by atoms with Gasteiger partial charge in [-0.25, -0.2) is 9.59 Å². The van der Waals surface area contributed by atoms with Crippen LogP contribution in [0.15, 0.2) is 0 Å². The molecule has 0 bridgehead atoms. The van der Waals surface area contributed by atoms with Gasteiger partial charge in [0.1, 0.15) is 12.1 Å². The fourth-order valence-corrected chi connectivity index (χ4v) is 5.21. The van der Waals surface area contributed by atoms with Crippen molar-refractivity contribution in [3.8, 4) is 0 Å². The van der Waals surface area contributed by atoms with Crippen molar-refractivity contribution in [2.24, 2.45) is 0 Å². The minimum absolute atomic E-state index is 0.178. The minimum atomic E-state index is -1.07. The lowest BCUT2D eigenvalue weighted by Gasteiger charge is -2.30. The molecule has 0 aliphatic heterocycles. The molecule has 0 heterocycles. The van der Waals surface area contributed by atoms with E-state index >= 15 is 0 Å². The van der Waals surface area contributed by atoms with Crippen LogP contribution >= 0.6 is 0 Å². The van der Waals surface area contributed by atoms with Crippen LogP contribution in [0.3, 0.4) is 0 Å². The number of hydrogen-bond donors (Lipinski definition) is 2. The number of hydrogen-bond acceptors (Lipinski definition) is 4. The molecule has 0 aromatic rings. The second kappa shape index (κ2) is 25.6. The molecule has 0 radical (unpaired) electrons. The monoisotopic (exact) mass is 582 g/mol. The van der Waals surface area contributed by atoms with Gasteiger partial charge in [0.25, 0.3) is 0 Å². The summed E-state index contributed by atoms with van der Waals surface area (Å²) < 4.78 is 0. The number of rotatable bonds is 28. The number of amides is 2. The third kappa shape index (κ3) is 19.6. The fourth-order valence-electron chi connectivity index (χ4n) is 5.21. The predicted octanol–water partition coefficient (Wildman–Crippen LogP) is 7.82. The van der Waals surface area contributed by atoms with Crippen LogP contribution in [0, 0.1) is 0 Å². The molecule has 240 valence electrons. The molecule has 0 aromatic carbocycles. The summed E-state index contributed by atoms with van der Waals surface area (Å²) >= 11 is 0. The Morgan fingerprint density at radius 1 is 0.463 bits per heavy atom. The molecule has 0 aliphatic rings. The largest absolute Gasteiger partial charge is 0.480 e. The van der Waals surface area contributed by atoms with E-state index in [1.54, 1.807) is 0 Å². The molecule has 8 nitrogen and oxygen atoms in total. The number of aliphatic carboxylic acids is 2. The highest BCUT2D eigenvalue weighted by Gasteiger charge is 2.28. The summed E-state index contributed by atoms with van der Waals surface area (Å²) in [6.45, 7) is 7.77. The van der Waals surface area contributed by atoms with Gasteiger partial charge in [0.2, 0.25) is 11.8 Å². The van der Waals surface area contributed by atoms with Gasteiger partial charge >= 0.3 is 11.9 Å². The lowest BCUT2D eigenvalue weighted by molar-refractivity contribution is -0.150. The maximum atomic E-state index is 12.9. The molecule has 0 saturated carbocycles. The van der Waals surface area contributed by atoms with Gasteiger partial charge in [-0.1, -0.05) is 117 Å². The van der Waals surface area contributed by atoms with Gasteiger partial charge in [0.05, 0.1) is 0 Å².